The molecule has 0 saturated heterocycles. The van der Waals surface area contributed by atoms with E-state index in [0.29, 0.717) is 32.3 Å². The van der Waals surface area contributed by atoms with Crippen LogP contribution in [0.4, 0.5) is 11.4 Å². The molecule has 4 aromatic carbocycles. The van der Waals surface area contributed by atoms with E-state index in [-0.39, 0.29) is 35.5 Å². The van der Waals surface area contributed by atoms with Crippen LogP contribution in [0, 0.1) is 0 Å². The van der Waals surface area contributed by atoms with Crippen molar-refractivity contribution in [1.82, 2.24) is 0 Å². The van der Waals surface area contributed by atoms with E-state index in [1.54, 1.807) is 8.61 Å². The maximum atomic E-state index is 15.7. The van der Waals surface area contributed by atoms with E-state index < -0.39 is 32.1 Å². The molecule has 2 unspecified atom stereocenters. The molecule has 2 heterocycles. The van der Waals surface area contributed by atoms with E-state index in [1.165, 1.54) is 0 Å². The summed E-state index contributed by atoms with van der Waals surface area (Å²) < 4.78 is 65.7. The fourth-order valence-corrected chi connectivity index (χ4v) is 12.8. The van der Waals surface area contributed by atoms with Gasteiger partial charge in [0.05, 0.1) is 33.2 Å². The third-order valence-corrected chi connectivity index (χ3v) is 14.8. The first kappa shape index (κ1) is 38.1. The standard InChI is InChI=1S/C44H56N2O4S2/c1-25(2)31-21-35(27(5)6)43(36(22-31)28(7)8)51(47,48)45-39-19-15-13-17-33(39)42-41(45)34-18-14-16-20-40(34)46(42)52(49,50)44-37(29(9)10)23-32(26(3)4)24-38(44)30(11)12/h13-30,41-42H,1-12H3. The SMILES string of the molecule is CC(C)c1cc(C(C)C)c(S(=O)(=O)N2c3ccccc3C3C2c2ccccc2N3S(=O)(=O)c2c(C(C)C)cc(C(C)C)cc2C(C)C)c(C(C)C)c1. The molecule has 0 radical (unpaired) electrons. The summed E-state index contributed by atoms with van der Waals surface area (Å²) in [4.78, 5) is 0.675. The van der Waals surface area contributed by atoms with Crippen molar-refractivity contribution in [3.8, 4) is 0 Å². The molecule has 8 heteroatoms. The van der Waals surface area contributed by atoms with Crippen LogP contribution in [0.1, 0.15) is 175 Å². The Morgan fingerprint density at radius 1 is 0.423 bits per heavy atom. The Balaban J connectivity index is 1.66. The first-order chi connectivity index (χ1) is 24.3. The number of sulfonamides is 2. The molecule has 52 heavy (non-hydrogen) atoms. The number of hydrogen-bond acceptors (Lipinski definition) is 4. The summed E-state index contributed by atoms with van der Waals surface area (Å²) >= 11 is 0. The molecule has 6 rings (SSSR count). The first-order valence-corrected chi connectivity index (χ1v) is 21.8. The summed E-state index contributed by atoms with van der Waals surface area (Å²) in [6, 6.07) is 21.6. The number of hydrogen-bond donors (Lipinski definition) is 0. The van der Waals surface area contributed by atoms with Gasteiger partial charge in [-0.3, -0.25) is 8.61 Å². The van der Waals surface area contributed by atoms with Gasteiger partial charge < -0.3 is 0 Å². The van der Waals surface area contributed by atoms with Crippen molar-refractivity contribution >= 4 is 31.4 Å². The average molecular weight is 741 g/mol. The zero-order valence-corrected chi connectivity index (χ0v) is 34.5. The van der Waals surface area contributed by atoms with Crippen LogP contribution in [-0.2, 0) is 20.0 Å². The lowest BCUT2D eigenvalue weighted by Gasteiger charge is -2.32. The topological polar surface area (TPSA) is 74.8 Å². The minimum Gasteiger partial charge on any atom is -0.256 e. The molecular formula is C44H56N2O4S2. The molecule has 0 bridgehead atoms. The maximum absolute atomic E-state index is 15.7. The van der Waals surface area contributed by atoms with Gasteiger partial charge in [-0.05, 0) is 81.0 Å². The molecule has 0 amide bonds. The molecule has 0 aromatic heterocycles. The number of anilines is 2. The summed E-state index contributed by atoms with van der Waals surface area (Å²) in [6.07, 6.45) is 0. The molecule has 6 nitrogen and oxygen atoms in total. The molecule has 0 spiro atoms. The molecule has 2 aliphatic rings. The minimum atomic E-state index is -4.22. The molecule has 2 atom stereocenters. The van der Waals surface area contributed by atoms with Gasteiger partial charge in [-0.25, -0.2) is 16.8 Å². The minimum absolute atomic E-state index is 0.0555. The highest BCUT2D eigenvalue weighted by molar-refractivity contribution is 7.93. The first-order valence-electron chi connectivity index (χ1n) is 18.9. The van der Waals surface area contributed by atoms with Crippen LogP contribution in [0.3, 0.4) is 0 Å². The van der Waals surface area contributed by atoms with Gasteiger partial charge in [0.25, 0.3) is 20.0 Å². The van der Waals surface area contributed by atoms with Gasteiger partial charge in [0.15, 0.2) is 0 Å². The third-order valence-electron chi connectivity index (χ3n) is 11.0. The highest BCUT2D eigenvalue weighted by atomic mass is 32.2. The van der Waals surface area contributed by atoms with Gasteiger partial charge >= 0.3 is 0 Å². The molecule has 0 aliphatic carbocycles. The van der Waals surface area contributed by atoms with Crippen molar-refractivity contribution in [2.24, 2.45) is 0 Å². The van der Waals surface area contributed by atoms with E-state index in [0.717, 1.165) is 33.4 Å². The van der Waals surface area contributed by atoms with E-state index in [4.69, 9.17) is 0 Å². The Bertz CT molecular complexity index is 2020. The highest BCUT2D eigenvalue weighted by Crippen LogP contribution is 2.62. The van der Waals surface area contributed by atoms with Crippen molar-refractivity contribution in [3.05, 3.63) is 117 Å². The second-order valence-electron chi connectivity index (χ2n) is 16.6. The van der Waals surface area contributed by atoms with Crippen molar-refractivity contribution in [2.45, 2.75) is 140 Å². The summed E-state index contributed by atoms with van der Waals surface area (Å²) in [5.41, 5.74) is 7.80. The molecule has 0 saturated carbocycles. The van der Waals surface area contributed by atoms with E-state index in [2.05, 4.69) is 52.0 Å². The Labute approximate surface area is 313 Å². The maximum Gasteiger partial charge on any atom is 0.265 e. The zero-order valence-electron chi connectivity index (χ0n) is 32.9. The molecule has 4 aromatic rings. The Hall–Kier alpha value is -3.62. The van der Waals surface area contributed by atoms with E-state index >= 15 is 16.8 Å². The normalized spacial score (nSPS) is 17.3. The lowest BCUT2D eigenvalue weighted by atomic mass is 9.89. The third kappa shape index (κ3) is 5.98. The van der Waals surface area contributed by atoms with Gasteiger partial charge in [0.1, 0.15) is 0 Å². The predicted molar refractivity (Wildman–Crippen MR) is 215 cm³/mol. The van der Waals surface area contributed by atoms with Gasteiger partial charge in [0.2, 0.25) is 0 Å². The molecule has 0 N–H and O–H groups in total. The van der Waals surface area contributed by atoms with E-state index in [9.17, 15) is 0 Å². The number of benzene rings is 4. The van der Waals surface area contributed by atoms with Crippen LogP contribution in [0.15, 0.2) is 82.6 Å². The van der Waals surface area contributed by atoms with Gasteiger partial charge in [-0.1, -0.05) is 144 Å². The lowest BCUT2D eigenvalue weighted by Crippen LogP contribution is -2.37. The van der Waals surface area contributed by atoms with Crippen molar-refractivity contribution in [1.29, 1.82) is 0 Å². The Morgan fingerprint density at radius 2 is 0.692 bits per heavy atom. The lowest BCUT2D eigenvalue weighted by molar-refractivity contribution is 0.555. The van der Waals surface area contributed by atoms with Crippen LogP contribution in [0.2, 0.25) is 0 Å². The number of nitrogens with zero attached hydrogens (tertiary/aromatic N) is 2. The summed E-state index contributed by atoms with van der Waals surface area (Å²) in [6.45, 7) is 24.9. The summed E-state index contributed by atoms with van der Waals surface area (Å²) in [5, 5.41) is 0. The van der Waals surface area contributed by atoms with E-state index in [1.807, 2.05) is 104 Å². The van der Waals surface area contributed by atoms with Crippen LogP contribution >= 0.6 is 0 Å². The van der Waals surface area contributed by atoms with Gasteiger partial charge in [-0.15, -0.1) is 0 Å². The van der Waals surface area contributed by atoms with Crippen LogP contribution in [0.25, 0.3) is 0 Å². The Kier molecular flexibility index (Phi) is 10.0. The Morgan fingerprint density at radius 3 is 0.942 bits per heavy atom. The quantitative estimate of drug-likeness (QED) is 0.162. The zero-order chi connectivity index (χ0) is 38.2. The fraction of sp³-hybridized carbons (Fsp3) is 0.455. The smallest absolute Gasteiger partial charge is 0.256 e. The molecule has 0 fully saturated rings. The average Bonchev–Trinajstić information content (AvgIpc) is 3.60. The van der Waals surface area contributed by atoms with Gasteiger partial charge in [-0.2, -0.15) is 0 Å². The van der Waals surface area contributed by atoms with Gasteiger partial charge in [0, 0.05) is 11.1 Å². The van der Waals surface area contributed by atoms with Crippen LogP contribution in [-0.4, -0.2) is 16.8 Å². The van der Waals surface area contributed by atoms with Crippen molar-refractivity contribution < 1.29 is 16.8 Å². The largest absolute Gasteiger partial charge is 0.265 e. The number of fused-ring (bicyclic) bond motifs is 5. The fourth-order valence-electron chi connectivity index (χ4n) is 8.16. The predicted octanol–water partition coefficient (Wildman–Crippen LogP) is 11.6. The monoisotopic (exact) mass is 740 g/mol. The van der Waals surface area contributed by atoms with Crippen molar-refractivity contribution in [3.63, 3.8) is 0 Å². The molecule has 278 valence electrons. The highest BCUT2D eigenvalue weighted by Gasteiger charge is 2.57. The van der Waals surface area contributed by atoms with Crippen LogP contribution in [0.5, 0.6) is 0 Å². The second-order valence-corrected chi connectivity index (χ2v) is 20.1. The summed E-state index contributed by atoms with van der Waals surface area (Å²) in [5.74, 6) is 0.232. The molecule has 2 aliphatic heterocycles. The summed E-state index contributed by atoms with van der Waals surface area (Å²) in [7, 11) is -8.45. The number of rotatable bonds is 10. The van der Waals surface area contributed by atoms with Crippen molar-refractivity contribution in [2.75, 3.05) is 8.61 Å². The number of para-hydroxylation sites is 2. The molecular weight excluding hydrogens is 685 g/mol. The van der Waals surface area contributed by atoms with Crippen LogP contribution < -0.4 is 8.61 Å². The second kappa shape index (κ2) is 13.7.